The fourth-order valence-electron chi connectivity index (χ4n) is 1.57. The molecular weight excluding hydrogens is 266 g/mol. The highest BCUT2D eigenvalue weighted by molar-refractivity contribution is 6.07. The van der Waals surface area contributed by atoms with Crippen molar-refractivity contribution in [3.63, 3.8) is 0 Å². The van der Waals surface area contributed by atoms with Gasteiger partial charge in [0.05, 0.1) is 16.7 Å². The maximum atomic E-state index is 11.9. The van der Waals surface area contributed by atoms with Gasteiger partial charge in [-0.1, -0.05) is 6.07 Å². The van der Waals surface area contributed by atoms with Crippen molar-refractivity contribution in [2.75, 3.05) is 5.32 Å². The van der Waals surface area contributed by atoms with E-state index < -0.39 is 22.3 Å². The van der Waals surface area contributed by atoms with Crippen LogP contribution in [0.15, 0.2) is 36.7 Å². The van der Waals surface area contributed by atoms with Crippen LogP contribution < -0.4 is 5.32 Å². The van der Waals surface area contributed by atoms with Gasteiger partial charge in [0.25, 0.3) is 11.6 Å². The number of carbonyl (C=O) groups excluding carboxylic acids is 1. The molecule has 0 aliphatic rings. The normalized spacial score (nSPS) is 10.0. The third kappa shape index (κ3) is 2.48. The van der Waals surface area contributed by atoms with Gasteiger partial charge in [-0.2, -0.15) is 0 Å². The standard InChI is InChI=1S/C12H9N3O5/c16-9-3-1-2-8(15(19)20)11(9)14-12(18)7-4-5-13-6-10(7)17/h1-6,16-17H,(H,14,18). The molecule has 0 fully saturated rings. The Morgan fingerprint density at radius 3 is 2.65 bits per heavy atom. The Balaban J connectivity index is 2.38. The summed E-state index contributed by atoms with van der Waals surface area (Å²) >= 11 is 0. The maximum Gasteiger partial charge on any atom is 0.296 e. The number of nitrogens with one attached hydrogen (secondary N) is 1. The number of anilines is 1. The number of phenolic OH excluding ortho intramolecular Hbond substituents is 1. The molecule has 0 spiro atoms. The molecule has 1 heterocycles. The van der Waals surface area contributed by atoms with Crippen molar-refractivity contribution in [1.82, 2.24) is 4.98 Å². The predicted molar refractivity (Wildman–Crippen MR) is 68.6 cm³/mol. The molecule has 2 aromatic rings. The van der Waals surface area contributed by atoms with E-state index >= 15 is 0 Å². The molecule has 0 radical (unpaired) electrons. The van der Waals surface area contributed by atoms with Gasteiger partial charge >= 0.3 is 0 Å². The zero-order chi connectivity index (χ0) is 14.7. The number of pyridine rings is 1. The first-order valence-corrected chi connectivity index (χ1v) is 5.41. The van der Waals surface area contributed by atoms with Gasteiger partial charge in [0.1, 0.15) is 11.5 Å². The van der Waals surface area contributed by atoms with E-state index in [1.165, 1.54) is 24.4 Å². The summed E-state index contributed by atoms with van der Waals surface area (Å²) < 4.78 is 0. The number of para-hydroxylation sites is 1. The molecular formula is C12H9N3O5. The van der Waals surface area contributed by atoms with Gasteiger partial charge < -0.3 is 15.5 Å². The number of benzene rings is 1. The number of amides is 1. The second kappa shape index (κ2) is 5.22. The summed E-state index contributed by atoms with van der Waals surface area (Å²) in [4.78, 5) is 25.6. The number of nitro benzene ring substituents is 1. The van der Waals surface area contributed by atoms with Crippen LogP contribution in [0.4, 0.5) is 11.4 Å². The molecule has 0 saturated carbocycles. The highest BCUT2D eigenvalue weighted by Gasteiger charge is 2.21. The van der Waals surface area contributed by atoms with Crippen molar-refractivity contribution in [3.8, 4) is 11.5 Å². The zero-order valence-electron chi connectivity index (χ0n) is 9.98. The number of phenols is 1. The van der Waals surface area contributed by atoms with Crippen molar-refractivity contribution < 1.29 is 19.9 Å². The van der Waals surface area contributed by atoms with E-state index in [9.17, 15) is 25.1 Å². The minimum absolute atomic E-state index is 0.113. The first-order valence-electron chi connectivity index (χ1n) is 5.41. The van der Waals surface area contributed by atoms with Gasteiger partial charge in [0.15, 0.2) is 5.69 Å². The molecule has 1 aromatic carbocycles. The SMILES string of the molecule is O=C(Nc1c(O)cccc1[N+](=O)[O-])c1ccncc1O. The fraction of sp³-hybridized carbons (Fsp3) is 0. The van der Waals surface area contributed by atoms with E-state index in [1.54, 1.807) is 0 Å². The summed E-state index contributed by atoms with van der Waals surface area (Å²) in [7, 11) is 0. The molecule has 0 atom stereocenters. The smallest absolute Gasteiger partial charge is 0.296 e. The van der Waals surface area contributed by atoms with Gasteiger partial charge in [0, 0.05) is 12.3 Å². The molecule has 0 bridgehead atoms. The molecule has 8 heteroatoms. The average molecular weight is 275 g/mol. The zero-order valence-corrected chi connectivity index (χ0v) is 9.98. The number of aromatic nitrogens is 1. The minimum atomic E-state index is -0.797. The molecule has 8 nitrogen and oxygen atoms in total. The van der Waals surface area contributed by atoms with Crippen molar-refractivity contribution in [2.45, 2.75) is 0 Å². The molecule has 1 aromatic heterocycles. The highest BCUT2D eigenvalue weighted by Crippen LogP contribution is 2.33. The third-order valence-corrected chi connectivity index (χ3v) is 2.50. The van der Waals surface area contributed by atoms with Crippen LogP contribution in [0.3, 0.4) is 0 Å². The first-order chi connectivity index (χ1) is 9.50. The molecule has 2 rings (SSSR count). The van der Waals surface area contributed by atoms with Crippen LogP contribution in [0, 0.1) is 10.1 Å². The number of carbonyl (C=O) groups is 1. The van der Waals surface area contributed by atoms with Gasteiger partial charge in [-0.05, 0) is 12.1 Å². The lowest BCUT2D eigenvalue weighted by atomic mass is 10.2. The van der Waals surface area contributed by atoms with Crippen LogP contribution in [0.2, 0.25) is 0 Å². The number of nitro groups is 1. The summed E-state index contributed by atoms with van der Waals surface area (Å²) in [6, 6.07) is 4.88. The second-order valence-corrected chi connectivity index (χ2v) is 3.78. The predicted octanol–water partition coefficient (Wildman–Crippen LogP) is 1.65. The van der Waals surface area contributed by atoms with Crippen LogP contribution in [-0.2, 0) is 0 Å². The summed E-state index contributed by atoms with van der Waals surface area (Å²) in [6.07, 6.45) is 2.35. The molecule has 20 heavy (non-hydrogen) atoms. The van der Waals surface area contributed by atoms with E-state index in [0.29, 0.717) is 0 Å². The van der Waals surface area contributed by atoms with Crippen LogP contribution in [-0.4, -0.2) is 26.0 Å². The lowest BCUT2D eigenvalue weighted by molar-refractivity contribution is -0.384. The van der Waals surface area contributed by atoms with Gasteiger partial charge in [0.2, 0.25) is 0 Å². The molecule has 0 saturated heterocycles. The summed E-state index contributed by atoms with van der Waals surface area (Å²) in [6.45, 7) is 0. The third-order valence-electron chi connectivity index (χ3n) is 2.50. The Morgan fingerprint density at radius 2 is 2.00 bits per heavy atom. The van der Waals surface area contributed by atoms with Crippen molar-refractivity contribution >= 4 is 17.3 Å². The number of hydrogen-bond acceptors (Lipinski definition) is 6. The highest BCUT2D eigenvalue weighted by atomic mass is 16.6. The molecule has 0 unspecified atom stereocenters. The number of aromatic hydroxyl groups is 2. The van der Waals surface area contributed by atoms with Crippen LogP contribution >= 0.6 is 0 Å². The van der Waals surface area contributed by atoms with E-state index in [0.717, 1.165) is 12.3 Å². The van der Waals surface area contributed by atoms with E-state index in [-0.39, 0.29) is 17.0 Å². The molecule has 3 N–H and O–H groups in total. The molecule has 0 aliphatic heterocycles. The van der Waals surface area contributed by atoms with Crippen molar-refractivity contribution in [1.29, 1.82) is 0 Å². The summed E-state index contributed by atoms with van der Waals surface area (Å²) in [5.41, 5.74) is -0.900. The van der Waals surface area contributed by atoms with Gasteiger partial charge in [-0.15, -0.1) is 0 Å². The lowest BCUT2D eigenvalue weighted by Gasteiger charge is -2.08. The largest absolute Gasteiger partial charge is 0.505 e. The molecule has 1 amide bonds. The van der Waals surface area contributed by atoms with Crippen molar-refractivity contribution in [2.24, 2.45) is 0 Å². The fourth-order valence-corrected chi connectivity index (χ4v) is 1.57. The summed E-state index contributed by atoms with van der Waals surface area (Å²) in [5, 5.41) is 32.1. The number of rotatable bonds is 3. The topological polar surface area (TPSA) is 126 Å². The van der Waals surface area contributed by atoms with E-state index in [4.69, 9.17) is 0 Å². The van der Waals surface area contributed by atoms with Crippen LogP contribution in [0.5, 0.6) is 11.5 Å². The van der Waals surface area contributed by atoms with Crippen molar-refractivity contribution in [3.05, 3.63) is 52.3 Å². The lowest BCUT2D eigenvalue weighted by Crippen LogP contribution is -2.13. The Bertz CT molecular complexity index is 687. The first kappa shape index (κ1) is 13.3. The molecule has 0 aliphatic carbocycles. The second-order valence-electron chi connectivity index (χ2n) is 3.78. The Kier molecular flexibility index (Phi) is 3.47. The Hall–Kier alpha value is -3.16. The van der Waals surface area contributed by atoms with Gasteiger partial charge in [-0.3, -0.25) is 19.9 Å². The monoisotopic (exact) mass is 275 g/mol. The number of hydrogen-bond donors (Lipinski definition) is 3. The quantitative estimate of drug-likeness (QED) is 0.444. The van der Waals surface area contributed by atoms with E-state index in [1.807, 2.05) is 0 Å². The average Bonchev–Trinajstić information content (AvgIpc) is 2.41. The van der Waals surface area contributed by atoms with Gasteiger partial charge in [-0.25, -0.2) is 0 Å². The van der Waals surface area contributed by atoms with Crippen LogP contribution in [0.1, 0.15) is 10.4 Å². The van der Waals surface area contributed by atoms with Crippen LogP contribution in [0.25, 0.3) is 0 Å². The Morgan fingerprint density at radius 1 is 1.25 bits per heavy atom. The maximum absolute atomic E-state index is 11.9. The minimum Gasteiger partial charge on any atom is -0.505 e. The Labute approximate surface area is 112 Å². The summed E-state index contributed by atoms with van der Waals surface area (Å²) in [5.74, 6) is -1.61. The number of nitrogens with zero attached hydrogens (tertiary/aromatic N) is 2. The molecule has 102 valence electrons. The van der Waals surface area contributed by atoms with E-state index in [2.05, 4.69) is 10.3 Å².